The molecule has 0 saturated heterocycles. The van der Waals surface area contributed by atoms with Gasteiger partial charge in [-0.3, -0.25) is 13.9 Å². The molecule has 13 heteroatoms. The van der Waals surface area contributed by atoms with E-state index in [2.05, 4.69) is 9.84 Å². The fourth-order valence-electron chi connectivity index (χ4n) is 4.95. The number of alkyl halides is 3. The summed E-state index contributed by atoms with van der Waals surface area (Å²) in [6.07, 6.45) is -4.59. The Hall–Kier alpha value is -4.42. The molecule has 192 valence electrons. The minimum Gasteiger partial charge on any atom is -0.464 e. The van der Waals surface area contributed by atoms with Crippen LogP contribution in [0.25, 0.3) is 16.7 Å². The molecule has 0 saturated carbocycles. The molecule has 2 aromatic heterocycles. The van der Waals surface area contributed by atoms with E-state index in [0.717, 1.165) is 22.4 Å². The maximum absolute atomic E-state index is 13.6. The molecule has 10 nitrogen and oxygen atoms in total. The molecule has 0 radical (unpaired) electrons. The van der Waals surface area contributed by atoms with E-state index >= 15 is 0 Å². The Labute approximate surface area is 205 Å². The average Bonchev–Trinajstić information content (AvgIpc) is 3.38. The Balaban J connectivity index is 1.78. The number of esters is 1. The van der Waals surface area contributed by atoms with E-state index in [0.29, 0.717) is 11.0 Å². The van der Waals surface area contributed by atoms with Crippen LogP contribution in [0.4, 0.5) is 13.2 Å². The Kier molecular flexibility index (Phi) is 5.46. The van der Waals surface area contributed by atoms with Crippen molar-refractivity contribution < 1.29 is 22.7 Å². The van der Waals surface area contributed by atoms with Crippen molar-refractivity contribution >= 4 is 17.0 Å². The second-order valence-corrected chi connectivity index (χ2v) is 8.71. The Bertz CT molecular complexity index is 1780. The number of rotatable bonds is 3. The summed E-state index contributed by atoms with van der Waals surface area (Å²) in [4.78, 5) is 51.7. The molecule has 0 fully saturated rings. The first-order valence-electron chi connectivity index (χ1n) is 11.1. The molecule has 2 heterocycles. The van der Waals surface area contributed by atoms with Gasteiger partial charge in [0.1, 0.15) is 0 Å². The Morgan fingerprint density at radius 3 is 2.41 bits per heavy atom. The van der Waals surface area contributed by atoms with Crippen LogP contribution in [-0.2, 0) is 31.4 Å². The van der Waals surface area contributed by atoms with Crippen LogP contribution in [0, 0.1) is 0 Å². The number of imidazole rings is 1. The molecule has 0 aliphatic heterocycles. The highest BCUT2D eigenvalue weighted by Gasteiger charge is 2.39. The maximum Gasteiger partial charge on any atom is 0.416 e. The molecule has 2 aromatic carbocycles. The van der Waals surface area contributed by atoms with Crippen LogP contribution in [0.1, 0.15) is 39.6 Å². The fourth-order valence-corrected chi connectivity index (χ4v) is 4.95. The number of carbonyl (C=O) groups excluding carboxylic acids is 1. The first kappa shape index (κ1) is 24.3. The van der Waals surface area contributed by atoms with Crippen LogP contribution in [0.3, 0.4) is 0 Å². The lowest BCUT2D eigenvalue weighted by molar-refractivity contribution is -0.138. The van der Waals surface area contributed by atoms with Gasteiger partial charge in [0.25, 0.3) is 5.56 Å². The molecule has 0 spiro atoms. The van der Waals surface area contributed by atoms with Gasteiger partial charge in [-0.25, -0.2) is 19.0 Å². The highest BCUT2D eigenvalue weighted by Crippen LogP contribution is 2.41. The number of ether oxygens (including phenoxy) is 1. The third kappa shape index (κ3) is 3.60. The topological polar surface area (TPSA) is 110 Å². The average molecular weight is 515 g/mol. The standard InChI is InChI=1S/C24H20F3N5O5/c1-29-17-9-7-12(11-18(17)30(2)22(29)35)32-23(36)31(20(33)19(28-32)21(34)37-3)16-10-8-13-14(16)5-4-6-15(13)24(25,26)27/h4-7,9,11,16H,8,10H2,1-3H3. The van der Waals surface area contributed by atoms with Gasteiger partial charge in [-0.1, -0.05) is 12.1 Å². The first-order valence-corrected chi connectivity index (χ1v) is 11.1. The van der Waals surface area contributed by atoms with Gasteiger partial charge >= 0.3 is 23.5 Å². The van der Waals surface area contributed by atoms with Crippen LogP contribution in [-0.4, -0.2) is 36.6 Å². The minimum absolute atomic E-state index is 0.00464. The molecule has 1 atom stereocenters. The summed E-state index contributed by atoms with van der Waals surface area (Å²) in [5.41, 5.74) is -2.55. The monoisotopic (exact) mass is 515 g/mol. The maximum atomic E-state index is 13.6. The van der Waals surface area contributed by atoms with Crippen LogP contribution in [0.5, 0.6) is 0 Å². The van der Waals surface area contributed by atoms with E-state index in [1.54, 1.807) is 20.2 Å². The number of methoxy groups -OCH3 is 1. The van der Waals surface area contributed by atoms with Crippen LogP contribution >= 0.6 is 0 Å². The fraction of sp³-hybridized carbons (Fsp3) is 0.292. The quantitative estimate of drug-likeness (QED) is 0.386. The van der Waals surface area contributed by atoms with Crippen molar-refractivity contribution in [2.75, 3.05) is 7.11 Å². The van der Waals surface area contributed by atoms with Crippen molar-refractivity contribution in [3.63, 3.8) is 0 Å². The lowest BCUT2D eigenvalue weighted by Crippen LogP contribution is -2.46. The number of carbonyl (C=O) groups is 1. The Morgan fingerprint density at radius 2 is 1.73 bits per heavy atom. The van der Waals surface area contributed by atoms with Crippen molar-refractivity contribution in [1.82, 2.24) is 23.5 Å². The van der Waals surface area contributed by atoms with Gasteiger partial charge in [-0.2, -0.15) is 23.0 Å². The Morgan fingerprint density at radius 1 is 1.03 bits per heavy atom. The highest BCUT2D eigenvalue weighted by atomic mass is 19.4. The molecule has 5 rings (SSSR count). The van der Waals surface area contributed by atoms with E-state index in [1.165, 1.54) is 33.4 Å². The number of nitrogens with zero attached hydrogens (tertiary/aromatic N) is 5. The molecular weight excluding hydrogens is 495 g/mol. The molecule has 1 aliphatic carbocycles. The van der Waals surface area contributed by atoms with Gasteiger partial charge in [-0.15, -0.1) is 0 Å². The smallest absolute Gasteiger partial charge is 0.416 e. The molecule has 1 aliphatic rings. The lowest BCUT2D eigenvalue weighted by atomic mass is 10.0. The molecule has 37 heavy (non-hydrogen) atoms. The molecule has 0 bridgehead atoms. The largest absolute Gasteiger partial charge is 0.464 e. The number of aryl methyl sites for hydroxylation is 2. The highest BCUT2D eigenvalue weighted by molar-refractivity contribution is 5.86. The predicted octanol–water partition coefficient (Wildman–Crippen LogP) is 1.93. The van der Waals surface area contributed by atoms with Gasteiger partial charge in [0.15, 0.2) is 0 Å². The zero-order valence-corrected chi connectivity index (χ0v) is 19.9. The van der Waals surface area contributed by atoms with Crippen molar-refractivity contribution in [1.29, 1.82) is 0 Å². The number of halogens is 3. The van der Waals surface area contributed by atoms with Gasteiger partial charge in [-0.05, 0) is 48.2 Å². The second kappa shape index (κ2) is 8.32. The van der Waals surface area contributed by atoms with E-state index in [9.17, 15) is 32.3 Å². The predicted molar refractivity (Wildman–Crippen MR) is 125 cm³/mol. The van der Waals surface area contributed by atoms with Gasteiger partial charge in [0.2, 0.25) is 5.69 Å². The third-order valence-corrected chi connectivity index (χ3v) is 6.74. The number of benzene rings is 2. The van der Waals surface area contributed by atoms with Crippen LogP contribution in [0.15, 0.2) is 50.8 Å². The van der Waals surface area contributed by atoms with E-state index in [4.69, 9.17) is 0 Å². The molecule has 4 aromatic rings. The van der Waals surface area contributed by atoms with Gasteiger partial charge in [0, 0.05) is 14.1 Å². The number of fused-ring (bicyclic) bond motifs is 2. The molecule has 0 N–H and O–H groups in total. The summed E-state index contributed by atoms with van der Waals surface area (Å²) in [6.45, 7) is 0. The third-order valence-electron chi connectivity index (χ3n) is 6.74. The summed E-state index contributed by atoms with van der Waals surface area (Å²) < 4.78 is 49.8. The van der Waals surface area contributed by atoms with Gasteiger partial charge in [0.05, 0.1) is 35.4 Å². The summed E-state index contributed by atoms with van der Waals surface area (Å²) in [5, 5.41) is 3.95. The van der Waals surface area contributed by atoms with Crippen LogP contribution < -0.4 is 16.9 Å². The van der Waals surface area contributed by atoms with E-state index in [1.807, 2.05) is 0 Å². The number of hydrogen-bond donors (Lipinski definition) is 0. The summed E-state index contributed by atoms with van der Waals surface area (Å²) in [6, 6.07) is 7.10. The lowest BCUT2D eigenvalue weighted by Gasteiger charge is -2.18. The molecule has 0 amide bonds. The van der Waals surface area contributed by atoms with E-state index < -0.39 is 40.7 Å². The van der Waals surface area contributed by atoms with Crippen molar-refractivity contribution in [3.05, 3.63) is 90.1 Å². The first-order chi connectivity index (χ1) is 17.5. The minimum atomic E-state index is -4.61. The SMILES string of the molecule is COC(=O)c1nn(-c2ccc3c(c2)n(C)c(=O)n3C)c(=O)n(C2CCc3c2cccc3C(F)(F)F)c1=O. The normalized spacial score (nSPS) is 15.2. The number of hydrogen-bond acceptors (Lipinski definition) is 6. The van der Waals surface area contributed by atoms with Crippen molar-refractivity contribution in [2.24, 2.45) is 14.1 Å². The van der Waals surface area contributed by atoms with Crippen LogP contribution in [0.2, 0.25) is 0 Å². The summed E-state index contributed by atoms with van der Waals surface area (Å²) in [7, 11) is 4.16. The summed E-state index contributed by atoms with van der Waals surface area (Å²) in [5.74, 6) is -1.11. The van der Waals surface area contributed by atoms with Crippen molar-refractivity contribution in [3.8, 4) is 5.69 Å². The number of aromatic nitrogens is 5. The molecular formula is C24H20F3N5O5. The van der Waals surface area contributed by atoms with E-state index in [-0.39, 0.29) is 35.3 Å². The molecule has 1 unspecified atom stereocenters. The van der Waals surface area contributed by atoms with Crippen molar-refractivity contribution in [2.45, 2.75) is 25.1 Å². The zero-order valence-electron chi connectivity index (χ0n) is 19.9. The summed E-state index contributed by atoms with van der Waals surface area (Å²) >= 11 is 0. The van der Waals surface area contributed by atoms with Gasteiger partial charge < -0.3 is 4.74 Å². The zero-order chi connectivity index (χ0) is 26.8. The second-order valence-electron chi connectivity index (χ2n) is 8.71.